The second-order valence-electron chi connectivity index (χ2n) is 8.33. The smallest absolute Gasteiger partial charge is 0.0386 e. The summed E-state index contributed by atoms with van der Waals surface area (Å²) < 4.78 is 0. The summed E-state index contributed by atoms with van der Waals surface area (Å²) in [6.45, 7) is 0. The minimum atomic E-state index is 1.08. The van der Waals surface area contributed by atoms with Crippen molar-refractivity contribution in [3.63, 3.8) is 0 Å². The van der Waals surface area contributed by atoms with Gasteiger partial charge < -0.3 is 0 Å². The molecule has 0 atom stereocenters. The molecule has 2 aliphatic rings. The van der Waals surface area contributed by atoms with E-state index in [0.717, 1.165) is 11.8 Å². The maximum atomic E-state index is 1.56. The summed E-state index contributed by atoms with van der Waals surface area (Å²) >= 11 is 0. The van der Waals surface area contributed by atoms with E-state index in [-0.39, 0.29) is 0 Å². The van der Waals surface area contributed by atoms with Crippen LogP contribution in [0.5, 0.6) is 0 Å². The fourth-order valence-electron chi connectivity index (χ4n) is 4.98. The molecular weight excluding hydrogens is 264 g/mol. The molecule has 2 aliphatic carbocycles. The monoisotopic (exact) mass is 306 g/mol. The van der Waals surface area contributed by atoms with Gasteiger partial charge in [0.25, 0.3) is 0 Å². The van der Waals surface area contributed by atoms with Crippen LogP contribution in [0.3, 0.4) is 0 Å². The van der Waals surface area contributed by atoms with Crippen LogP contribution in [0, 0.1) is 11.8 Å². The summed E-state index contributed by atoms with van der Waals surface area (Å²) in [6, 6.07) is 0. The molecule has 0 heteroatoms. The summed E-state index contributed by atoms with van der Waals surface area (Å²) in [6.07, 6.45) is 30.5. The summed E-state index contributed by atoms with van der Waals surface area (Å²) in [5.41, 5.74) is 0. The van der Waals surface area contributed by atoms with Gasteiger partial charge >= 0.3 is 0 Å². The first-order chi connectivity index (χ1) is 11.0. The van der Waals surface area contributed by atoms with Gasteiger partial charge in [-0.15, -0.1) is 0 Å². The van der Waals surface area contributed by atoms with E-state index in [0.29, 0.717) is 0 Å². The Morgan fingerprint density at radius 2 is 0.409 bits per heavy atom. The lowest BCUT2D eigenvalue weighted by Crippen LogP contribution is -2.16. The molecule has 2 saturated carbocycles. The molecule has 0 spiro atoms. The van der Waals surface area contributed by atoms with Gasteiger partial charge in [-0.25, -0.2) is 0 Å². The molecule has 0 nitrogen and oxygen atoms in total. The van der Waals surface area contributed by atoms with Crippen LogP contribution >= 0.6 is 0 Å². The number of rotatable bonds is 1. The van der Waals surface area contributed by atoms with Crippen molar-refractivity contribution in [1.82, 2.24) is 0 Å². The molecule has 0 saturated heterocycles. The standard InChI is InChI=1S/C22H42/c1-2-6-10-14-18-21(17-13-9-5-1)22-19-15-11-7-3-4-8-12-16-20-22/h21-22H,1-20H2. The molecule has 22 heavy (non-hydrogen) atoms. The van der Waals surface area contributed by atoms with E-state index >= 15 is 0 Å². The topological polar surface area (TPSA) is 0 Å². The SMILES string of the molecule is C1CCCCCC(C2CCCCCCCCCC2)CCCC1. The van der Waals surface area contributed by atoms with Crippen molar-refractivity contribution < 1.29 is 0 Å². The predicted molar refractivity (Wildman–Crippen MR) is 99.3 cm³/mol. The first-order valence-electron chi connectivity index (χ1n) is 11.0. The van der Waals surface area contributed by atoms with Gasteiger partial charge in [-0.2, -0.15) is 0 Å². The number of hydrogen-bond acceptors (Lipinski definition) is 0. The van der Waals surface area contributed by atoms with Gasteiger partial charge in [0.15, 0.2) is 0 Å². The van der Waals surface area contributed by atoms with Gasteiger partial charge in [-0.05, 0) is 11.8 Å². The van der Waals surface area contributed by atoms with Crippen LogP contribution in [0.2, 0.25) is 0 Å². The molecule has 0 aromatic heterocycles. The lowest BCUT2D eigenvalue weighted by atomic mass is 9.78. The Morgan fingerprint density at radius 3 is 0.636 bits per heavy atom. The second-order valence-corrected chi connectivity index (χ2v) is 8.33. The molecule has 2 rings (SSSR count). The zero-order valence-electron chi connectivity index (χ0n) is 15.3. The van der Waals surface area contributed by atoms with E-state index in [9.17, 15) is 0 Å². The van der Waals surface area contributed by atoms with Crippen molar-refractivity contribution in [2.75, 3.05) is 0 Å². The summed E-state index contributed by atoms with van der Waals surface area (Å²) in [5.74, 6) is 2.16. The van der Waals surface area contributed by atoms with E-state index in [1.54, 1.807) is 25.7 Å². The molecular formula is C22H42. The highest BCUT2D eigenvalue weighted by molar-refractivity contribution is 4.73. The van der Waals surface area contributed by atoms with Crippen molar-refractivity contribution >= 4 is 0 Å². The van der Waals surface area contributed by atoms with E-state index < -0.39 is 0 Å². The molecule has 0 N–H and O–H groups in total. The van der Waals surface area contributed by atoms with Crippen molar-refractivity contribution in [1.29, 1.82) is 0 Å². The maximum absolute atomic E-state index is 1.56. The summed E-state index contributed by atoms with van der Waals surface area (Å²) in [7, 11) is 0. The van der Waals surface area contributed by atoms with Crippen molar-refractivity contribution in [2.45, 2.75) is 128 Å². The van der Waals surface area contributed by atoms with Crippen LogP contribution in [-0.4, -0.2) is 0 Å². The fourth-order valence-corrected chi connectivity index (χ4v) is 4.98. The van der Waals surface area contributed by atoms with Crippen molar-refractivity contribution in [3.05, 3.63) is 0 Å². The average Bonchev–Trinajstić information content (AvgIpc) is 2.64. The van der Waals surface area contributed by atoms with E-state index in [1.807, 2.05) is 0 Å². The number of hydrogen-bond donors (Lipinski definition) is 0. The van der Waals surface area contributed by atoms with Crippen LogP contribution in [0.4, 0.5) is 0 Å². The summed E-state index contributed by atoms with van der Waals surface area (Å²) in [5, 5.41) is 0. The van der Waals surface area contributed by atoms with Crippen molar-refractivity contribution in [3.8, 4) is 0 Å². The average molecular weight is 307 g/mol. The first-order valence-corrected chi connectivity index (χ1v) is 11.0. The predicted octanol–water partition coefficient (Wildman–Crippen LogP) is 8.05. The molecule has 0 radical (unpaired) electrons. The third kappa shape index (κ3) is 8.02. The highest BCUT2D eigenvalue weighted by Crippen LogP contribution is 2.34. The Balaban J connectivity index is 1.83. The van der Waals surface area contributed by atoms with Gasteiger partial charge in [0, 0.05) is 0 Å². The highest BCUT2D eigenvalue weighted by atomic mass is 14.3. The highest BCUT2D eigenvalue weighted by Gasteiger charge is 2.21. The fraction of sp³-hybridized carbons (Fsp3) is 1.00. The third-order valence-corrected chi connectivity index (χ3v) is 6.47. The summed E-state index contributed by atoms with van der Waals surface area (Å²) in [4.78, 5) is 0. The van der Waals surface area contributed by atoms with Crippen LogP contribution in [0.1, 0.15) is 128 Å². The first kappa shape index (κ1) is 18.3. The lowest BCUT2D eigenvalue weighted by molar-refractivity contribution is 0.240. The van der Waals surface area contributed by atoms with E-state index in [1.165, 1.54) is 103 Å². The largest absolute Gasteiger partial charge is 0.0533 e. The van der Waals surface area contributed by atoms with Crippen molar-refractivity contribution in [2.24, 2.45) is 11.8 Å². The van der Waals surface area contributed by atoms with E-state index in [2.05, 4.69) is 0 Å². The van der Waals surface area contributed by atoms with Gasteiger partial charge in [0.1, 0.15) is 0 Å². The zero-order valence-corrected chi connectivity index (χ0v) is 15.3. The Bertz CT molecular complexity index is 194. The Labute approximate surface area is 140 Å². The minimum absolute atomic E-state index is 1.08. The molecule has 0 amide bonds. The minimum Gasteiger partial charge on any atom is -0.0533 e. The second kappa shape index (κ2) is 12.4. The van der Waals surface area contributed by atoms with Crippen LogP contribution < -0.4 is 0 Å². The zero-order chi connectivity index (χ0) is 15.3. The molecule has 0 heterocycles. The van der Waals surface area contributed by atoms with Gasteiger partial charge in [-0.1, -0.05) is 128 Å². The lowest BCUT2D eigenvalue weighted by Gasteiger charge is -2.28. The molecule has 2 fully saturated rings. The quantitative estimate of drug-likeness (QED) is 0.459. The molecule has 0 aliphatic heterocycles. The maximum Gasteiger partial charge on any atom is -0.0386 e. The molecule has 0 aromatic rings. The normalized spacial score (nSPS) is 26.7. The Kier molecular flexibility index (Phi) is 10.4. The molecule has 130 valence electrons. The van der Waals surface area contributed by atoms with Gasteiger partial charge in [0.05, 0.1) is 0 Å². The van der Waals surface area contributed by atoms with Gasteiger partial charge in [0.2, 0.25) is 0 Å². The Morgan fingerprint density at radius 1 is 0.227 bits per heavy atom. The van der Waals surface area contributed by atoms with Gasteiger partial charge in [-0.3, -0.25) is 0 Å². The van der Waals surface area contributed by atoms with Crippen LogP contribution in [-0.2, 0) is 0 Å². The Hall–Kier alpha value is 0. The van der Waals surface area contributed by atoms with Crippen LogP contribution in [0.15, 0.2) is 0 Å². The molecule has 0 unspecified atom stereocenters. The molecule has 0 aromatic carbocycles. The molecule has 0 bridgehead atoms. The third-order valence-electron chi connectivity index (χ3n) is 6.47. The van der Waals surface area contributed by atoms with Crippen LogP contribution in [0.25, 0.3) is 0 Å². The van der Waals surface area contributed by atoms with E-state index in [4.69, 9.17) is 0 Å².